The zero-order valence-corrected chi connectivity index (χ0v) is 15.6. The van der Waals surface area contributed by atoms with E-state index in [4.69, 9.17) is 9.47 Å². The van der Waals surface area contributed by atoms with Crippen LogP contribution in [0.3, 0.4) is 0 Å². The lowest BCUT2D eigenvalue weighted by Crippen LogP contribution is -2.43. The summed E-state index contributed by atoms with van der Waals surface area (Å²) in [4.78, 5) is 20.4. The third kappa shape index (κ3) is 3.96. The van der Waals surface area contributed by atoms with Gasteiger partial charge in [-0.3, -0.25) is 9.69 Å². The maximum absolute atomic E-state index is 12.9. The second-order valence-electron chi connectivity index (χ2n) is 7.79. The Kier molecular flexibility index (Phi) is 5.22. The van der Waals surface area contributed by atoms with Crippen LogP contribution in [0.2, 0.25) is 0 Å². The highest BCUT2D eigenvalue weighted by molar-refractivity contribution is 5.79. The monoisotopic (exact) mass is 399 g/mol. The molecular weight excluding hydrogens is 375 g/mol. The number of hydrogen-bond donors (Lipinski definition) is 0. The van der Waals surface area contributed by atoms with E-state index in [0.717, 1.165) is 25.7 Å². The van der Waals surface area contributed by atoms with E-state index in [2.05, 4.69) is 9.88 Å². The smallest absolute Gasteiger partial charge is 0.433 e. The number of rotatable bonds is 3. The van der Waals surface area contributed by atoms with Crippen LogP contribution in [0, 0.1) is 5.41 Å². The topological polar surface area (TPSA) is 54.9 Å². The summed E-state index contributed by atoms with van der Waals surface area (Å²) >= 11 is 0. The largest absolute Gasteiger partial charge is 0.461 e. The fraction of sp³-hybridized carbons (Fsp3) is 0.684. The molecule has 1 atom stereocenters. The van der Waals surface area contributed by atoms with Gasteiger partial charge in [-0.05, 0) is 25.0 Å². The molecule has 4 heterocycles. The quantitative estimate of drug-likeness (QED) is 0.728. The number of alkyl halides is 3. The van der Waals surface area contributed by atoms with Gasteiger partial charge in [-0.2, -0.15) is 13.2 Å². The molecule has 3 aliphatic rings. The highest BCUT2D eigenvalue weighted by Crippen LogP contribution is 2.44. The molecule has 0 saturated carbocycles. The van der Waals surface area contributed by atoms with Crippen molar-refractivity contribution in [3.8, 4) is 0 Å². The number of halogens is 3. The van der Waals surface area contributed by atoms with Gasteiger partial charge >= 0.3 is 12.1 Å². The lowest BCUT2D eigenvalue weighted by atomic mass is 9.76. The fourth-order valence-electron chi connectivity index (χ4n) is 4.34. The summed E-state index contributed by atoms with van der Waals surface area (Å²) in [5.74, 6) is 0.142. The van der Waals surface area contributed by atoms with Crippen molar-refractivity contribution in [1.29, 1.82) is 0 Å². The molecule has 0 bridgehead atoms. The van der Waals surface area contributed by atoms with Gasteiger partial charge in [-0.25, -0.2) is 4.98 Å². The summed E-state index contributed by atoms with van der Waals surface area (Å²) in [6.07, 6.45) is -2.77. The highest BCUT2D eigenvalue weighted by Gasteiger charge is 2.50. The van der Waals surface area contributed by atoms with Gasteiger partial charge in [0.15, 0.2) is 0 Å². The Hall–Kier alpha value is -1.87. The normalized spacial score (nSPS) is 25.9. The number of aromatic nitrogens is 1. The van der Waals surface area contributed by atoms with E-state index in [1.807, 2.05) is 4.90 Å². The Labute approximate surface area is 161 Å². The third-order valence-corrected chi connectivity index (χ3v) is 5.96. The zero-order chi connectivity index (χ0) is 19.8. The van der Waals surface area contributed by atoms with Gasteiger partial charge in [0.2, 0.25) is 0 Å². The number of pyridine rings is 1. The minimum atomic E-state index is -4.46. The number of nitrogens with zero attached hydrogens (tertiary/aromatic N) is 3. The Morgan fingerprint density at radius 3 is 2.54 bits per heavy atom. The number of cyclic esters (lactones) is 1. The van der Waals surface area contributed by atoms with Crippen molar-refractivity contribution in [3.05, 3.63) is 23.9 Å². The molecule has 0 radical (unpaired) electrons. The van der Waals surface area contributed by atoms with E-state index in [9.17, 15) is 18.0 Å². The first-order valence-corrected chi connectivity index (χ1v) is 9.66. The molecular formula is C19H24F3N3O3. The molecule has 6 nitrogen and oxygen atoms in total. The van der Waals surface area contributed by atoms with Crippen LogP contribution in [-0.2, 0) is 20.4 Å². The van der Waals surface area contributed by atoms with Crippen LogP contribution < -0.4 is 4.90 Å². The van der Waals surface area contributed by atoms with Crippen LogP contribution >= 0.6 is 0 Å². The van der Waals surface area contributed by atoms with Crippen molar-refractivity contribution in [3.63, 3.8) is 0 Å². The number of carbonyl (C=O) groups is 1. The predicted octanol–water partition coefficient (Wildman–Crippen LogP) is 2.33. The first-order chi connectivity index (χ1) is 13.4. The first-order valence-electron chi connectivity index (χ1n) is 9.66. The van der Waals surface area contributed by atoms with Crippen molar-refractivity contribution >= 4 is 11.8 Å². The standard InChI is InChI=1S/C19H24F3N3O3/c20-19(21,22)15-2-1-3-16(23-15)25-6-4-18(5-7-25)12-14(28-17(18)26)13-24-8-10-27-11-9-24/h1-3,14H,4-13H2. The summed E-state index contributed by atoms with van der Waals surface area (Å²) in [6, 6.07) is 3.93. The van der Waals surface area contributed by atoms with Gasteiger partial charge in [-0.15, -0.1) is 0 Å². The summed E-state index contributed by atoms with van der Waals surface area (Å²) in [6.45, 7) is 4.79. The molecule has 1 unspecified atom stereocenters. The predicted molar refractivity (Wildman–Crippen MR) is 94.9 cm³/mol. The van der Waals surface area contributed by atoms with Crippen molar-refractivity contribution in [2.45, 2.75) is 31.5 Å². The lowest BCUT2D eigenvalue weighted by molar-refractivity contribution is -0.150. The van der Waals surface area contributed by atoms with Crippen LogP contribution in [0.4, 0.5) is 19.0 Å². The molecule has 9 heteroatoms. The van der Waals surface area contributed by atoms with E-state index >= 15 is 0 Å². The zero-order valence-electron chi connectivity index (χ0n) is 15.6. The Morgan fingerprint density at radius 1 is 1.14 bits per heavy atom. The molecule has 3 aliphatic heterocycles. The van der Waals surface area contributed by atoms with Gasteiger partial charge in [0.1, 0.15) is 17.6 Å². The van der Waals surface area contributed by atoms with Crippen LogP contribution in [0.15, 0.2) is 18.2 Å². The van der Waals surface area contributed by atoms with Crippen LogP contribution in [0.1, 0.15) is 25.0 Å². The Balaban J connectivity index is 1.37. The van der Waals surface area contributed by atoms with Crippen molar-refractivity contribution in [1.82, 2.24) is 9.88 Å². The minimum Gasteiger partial charge on any atom is -0.461 e. The van der Waals surface area contributed by atoms with E-state index in [1.54, 1.807) is 6.07 Å². The van der Waals surface area contributed by atoms with Gasteiger partial charge in [0, 0.05) is 39.1 Å². The van der Waals surface area contributed by atoms with Crippen LogP contribution in [0.25, 0.3) is 0 Å². The van der Waals surface area contributed by atoms with E-state index in [1.165, 1.54) is 6.07 Å². The summed E-state index contributed by atoms with van der Waals surface area (Å²) in [5, 5.41) is 0. The molecule has 0 aliphatic carbocycles. The number of hydrogen-bond acceptors (Lipinski definition) is 6. The molecule has 28 heavy (non-hydrogen) atoms. The summed E-state index contributed by atoms with van der Waals surface area (Å²) < 4.78 is 49.7. The molecule has 3 saturated heterocycles. The lowest BCUT2D eigenvalue weighted by Gasteiger charge is -2.37. The molecule has 3 fully saturated rings. The van der Waals surface area contributed by atoms with Gasteiger partial charge < -0.3 is 14.4 Å². The van der Waals surface area contributed by atoms with E-state index in [0.29, 0.717) is 51.4 Å². The second kappa shape index (κ2) is 7.51. The molecule has 4 rings (SSSR count). The van der Waals surface area contributed by atoms with Gasteiger partial charge in [0.05, 0.1) is 18.6 Å². The Morgan fingerprint density at radius 2 is 1.86 bits per heavy atom. The average Bonchev–Trinajstić information content (AvgIpc) is 2.97. The minimum absolute atomic E-state index is 0.121. The molecule has 1 aromatic heterocycles. The number of esters is 1. The summed E-state index contributed by atoms with van der Waals surface area (Å²) in [5.41, 5.74) is -1.41. The van der Waals surface area contributed by atoms with Crippen LogP contribution in [0.5, 0.6) is 0 Å². The SMILES string of the molecule is O=C1OC(CN2CCOCC2)CC12CCN(c1cccc(C(F)(F)F)n1)CC2. The molecule has 1 aromatic rings. The van der Waals surface area contributed by atoms with Crippen molar-refractivity contribution in [2.75, 3.05) is 50.8 Å². The van der Waals surface area contributed by atoms with Gasteiger partial charge in [-0.1, -0.05) is 6.07 Å². The highest BCUT2D eigenvalue weighted by atomic mass is 19.4. The first kappa shape index (κ1) is 19.4. The van der Waals surface area contributed by atoms with Crippen molar-refractivity contribution in [2.24, 2.45) is 5.41 Å². The number of morpholine rings is 1. The molecule has 1 spiro atoms. The third-order valence-electron chi connectivity index (χ3n) is 5.96. The maximum atomic E-state index is 12.9. The van der Waals surface area contributed by atoms with E-state index < -0.39 is 17.3 Å². The molecule has 0 aromatic carbocycles. The molecule has 0 amide bonds. The number of carbonyl (C=O) groups excluding carboxylic acids is 1. The number of ether oxygens (including phenoxy) is 2. The molecule has 0 N–H and O–H groups in total. The molecule has 154 valence electrons. The fourth-order valence-corrected chi connectivity index (χ4v) is 4.34. The van der Waals surface area contributed by atoms with Crippen LogP contribution in [-0.4, -0.2) is 67.9 Å². The summed E-state index contributed by atoms with van der Waals surface area (Å²) in [7, 11) is 0. The maximum Gasteiger partial charge on any atom is 0.433 e. The Bertz CT molecular complexity index is 714. The second-order valence-corrected chi connectivity index (χ2v) is 7.79. The number of anilines is 1. The van der Waals surface area contributed by atoms with Gasteiger partial charge in [0.25, 0.3) is 0 Å². The number of piperidine rings is 1. The van der Waals surface area contributed by atoms with Crippen molar-refractivity contribution < 1.29 is 27.4 Å². The van der Waals surface area contributed by atoms with E-state index in [-0.39, 0.29) is 12.1 Å². The average molecular weight is 399 g/mol.